The van der Waals surface area contributed by atoms with Crippen LogP contribution < -0.4 is 0 Å². The van der Waals surface area contributed by atoms with Gasteiger partial charge in [0.25, 0.3) is 0 Å². The molecule has 14 heavy (non-hydrogen) atoms. The highest BCUT2D eigenvalue weighted by Crippen LogP contribution is 2.17. The maximum atomic E-state index is 11.3. The molecular formula is C10H17NO3. The fourth-order valence-electron chi connectivity index (χ4n) is 1.71. The van der Waals surface area contributed by atoms with E-state index in [0.29, 0.717) is 13.0 Å². The predicted octanol–water partition coefficient (Wildman–Crippen LogP) is 0.966. The first-order valence-electron chi connectivity index (χ1n) is 5.03. The molecule has 1 unspecified atom stereocenters. The molecule has 0 aromatic heterocycles. The summed E-state index contributed by atoms with van der Waals surface area (Å²) in [5.74, 6) is -1.07. The number of carbonyl (C=O) groups is 2. The van der Waals surface area contributed by atoms with Crippen molar-refractivity contribution in [3.8, 4) is 0 Å². The molecule has 1 atom stereocenters. The maximum Gasteiger partial charge on any atom is 0.308 e. The van der Waals surface area contributed by atoms with E-state index >= 15 is 0 Å². The van der Waals surface area contributed by atoms with Gasteiger partial charge in [-0.05, 0) is 12.3 Å². The largest absolute Gasteiger partial charge is 0.481 e. The number of carboxylic acid groups (broad SMARTS) is 1. The van der Waals surface area contributed by atoms with Crippen molar-refractivity contribution in [2.75, 3.05) is 13.1 Å². The first kappa shape index (κ1) is 11.0. The molecule has 0 saturated carbocycles. The zero-order valence-corrected chi connectivity index (χ0v) is 8.69. The van der Waals surface area contributed by atoms with Crippen LogP contribution in [0.5, 0.6) is 0 Å². The van der Waals surface area contributed by atoms with E-state index in [1.807, 2.05) is 13.8 Å². The van der Waals surface area contributed by atoms with Gasteiger partial charge in [-0.2, -0.15) is 0 Å². The minimum atomic E-state index is -0.806. The molecule has 4 nitrogen and oxygen atoms in total. The predicted molar refractivity (Wildman–Crippen MR) is 51.8 cm³/mol. The Morgan fingerprint density at radius 3 is 2.57 bits per heavy atom. The van der Waals surface area contributed by atoms with Crippen molar-refractivity contribution in [2.45, 2.75) is 26.7 Å². The Morgan fingerprint density at radius 1 is 1.57 bits per heavy atom. The molecule has 80 valence electrons. The minimum Gasteiger partial charge on any atom is -0.481 e. The SMILES string of the molecule is CC(C)C(CN1CCCC1=O)C(=O)O. The van der Waals surface area contributed by atoms with Gasteiger partial charge in [0.15, 0.2) is 0 Å². The molecule has 0 aliphatic carbocycles. The van der Waals surface area contributed by atoms with Gasteiger partial charge in [-0.3, -0.25) is 9.59 Å². The lowest BCUT2D eigenvalue weighted by Gasteiger charge is -2.23. The zero-order chi connectivity index (χ0) is 10.7. The van der Waals surface area contributed by atoms with Gasteiger partial charge < -0.3 is 10.0 Å². The molecule has 1 heterocycles. The van der Waals surface area contributed by atoms with Crippen molar-refractivity contribution in [1.29, 1.82) is 0 Å². The van der Waals surface area contributed by atoms with E-state index in [1.165, 1.54) is 0 Å². The number of nitrogens with zero attached hydrogens (tertiary/aromatic N) is 1. The van der Waals surface area contributed by atoms with Gasteiger partial charge in [0, 0.05) is 19.5 Å². The highest BCUT2D eigenvalue weighted by Gasteiger charge is 2.28. The molecule has 1 fully saturated rings. The van der Waals surface area contributed by atoms with Crippen LogP contribution in [0.25, 0.3) is 0 Å². The van der Waals surface area contributed by atoms with Crippen LogP contribution in [0.4, 0.5) is 0 Å². The third-order valence-corrected chi connectivity index (χ3v) is 2.71. The van der Waals surface area contributed by atoms with Crippen LogP contribution in [0.2, 0.25) is 0 Å². The molecule has 1 saturated heterocycles. The van der Waals surface area contributed by atoms with Gasteiger partial charge >= 0.3 is 5.97 Å². The molecule has 1 amide bonds. The first-order valence-corrected chi connectivity index (χ1v) is 5.03. The Bertz CT molecular complexity index is 238. The van der Waals surface area contributed by atoms with Crippen LogP contribution in [0.1, 0.15) is 26.7 Å². The van der Waals surface area contributed by atoms with Crippen molar-refractivity contribution in [3.63, 3.8) is 0 Å². The van der Waals surface area contributed by atoms with Crippen molar-refractivity contribution in [3.05, 3.63) is 0 Å². The Hall–Kier alpha value is -1.06. The average Bonchev–Trinajstić information content (AvgIpc) is 2.46. The lowest BCUT2D eigenvalue weighted by molar-refractivity contribution is -0.144. The van der Waals surface area contributed by atoms with Crippen LogP contribution in [-0.4, -0.2) is 35.0 Å². The Morgan fingerprint density at radius 2 is 2.21 bits per heavy atom. The van der Waals surface area contributed by atoms with Crippen LogP contribution in [0.15, 0.2) is 0 Å². The van der Waals surface area contributed by atoms with Crippen LogP contribution in [0, 0.1) is 11.8 Å². The molecule has 0 aromatic carbocycles. The smallest absolute Gasteiger partial charge is 0.308 e. The molecule has 1 aliphatic heterocycles. The highest BCUT2D eigenvalue weighted by molar-refractivity contribution is 5.79. The van der Waals surface area contributed by atoms with Crippen LogP contribution in [0.3, 0.4) is 0 Å². The topological polar surface area (TPSA) is 57.6 Å². The summed E-state index contributed by atoms with van der Waals surface area (Å²) in [4.78, 5) is 23.9. The second kappa shape index (κ2) is 4.44. The third kappa shape index (κ3) is 2.47. The summed E-state index contributed by atoms with van der Waals surface area (Å²) < 4.78 is 0. The Balaban J connectivity index is 2.55. The van der Waals surface area contributed by atoms with Crippen molar-refractivity contribution < 1.29 is 14.7 Å². The second-order valence-corrected chi connectivity index (χ2v) is 4.13. The lowest BCUT2D eigenvalue weighted by Crippen LogP contribution is -2.36. The molecule has 1 aliphatic rings. The van der Waals surface area contributed by atoms with E-state index in [0.717, 1.165) is 13.0 Å². The average molecular weight is 199 g/mol. The van der Waals surface area contributed by atoms with E-state index in [-0.39, 0.29) is 11.8 Å². The van der Waals surface area contributed by atoms with E-state index in [1.54, 1.807) is 4.90 Å². The molecule has 1 rings (SSSR count). The monoisotopic (exact) mass is 199 g/mol. The summed E-state index contributed by atoms with van der Waals surface area (Å²) >= 11 is 0. The number of rotatable bonds is 4. The molecule has 0 radical (unpaired) electrons. The number of hydrogen-bond donors (Lipinski definition) is 1. The summed E-state index contributed by atoms with van der Waals surface area (Å²) in [6, 6.07) is 0. The molecular weight excluding hydrogens is 182 g/mol. The third-order valence-electron chi connectivity index (χ3n) is 2.71. The van der Waals surface area contributed by atoms with Crippen LogP contribution in [-0.2, 0) is 9.59 Å². The maximum absolute atomic E-state index is 11.3. The van der Waals surface area contributed by atoms with Gasteiger partial charge in [-0.1, -0.05) is 13.8 Å². The number of amides is 1. The van der Waals surface area contributed by atoms with Gasteiger partial charge in [0.1, 0.15) is 0 Å². The van der Waals surface area contributed by atoms with Crippen molar-refractivity contribution >= 4 is 11.9 Å². The number of carbonyl (C=O) groups excluding carboxylic acids is 1. The van der Waals surface area contributed by atoms with Gasteiger partial charge in [-0.15, -0.1) is 0 Å². The normalized spacial score (nSPS) is 19.1. The summed E-state index contributed by atoms with van der Waals surface area (Å²) in [6.07, 6.45) is 1.44. The van der Waals surface area contributed by atoms with Gasteiger partial charge in [0.05, 0.1) is 5.92 Å². The minimum absolute atomic E-state index is 0.0703. The van der Waals surface area contributed by atoms with Crippen molar-refractivity contribution in [1.82, 2.24) is 4.90 Å². The van der Waals surface area contributed by atoms with Gasteiger partial charge in [-0.25, -0.2) is 0 Å². The summed E-state index contributed by atoms with van der Waals surface area (Å²) in [5.41, 5.74) is 0. The molecule has 4 heteroatoms. The summed E-state index contributed by atoms with van der Waals surface area (Å²) in [7, 11) is 0. The number of carboxylic acids is 1. The quantitative estimate of drug-likeness (QED) is 0.733. The summed E-state index contributed by atoms with van der Waals surface area (Å²) in [6.45, 7) is 4.83. The number of aliphatic carboxylic acids is 1. The molecule has 0 spiro atoms. The van der Waals surface area contributed by atoms with E-state index < -0.39 is 11.9 Å². The standard InChI is InChI=1S/C10H17NO3/c1-7(2)8(10(13)14)6-11-5-3-4-9(11)12/h7-8H,3-6H2,1-2H3,(H,13,14). The molecule has 0 bridgehead atoms. The van der Waals surface area contributed by atoms with Crippen molar-refractivity contribution in [2.24, 2.45) is 11.8 Å². The fraction of sp³-hybridized carbons (Fsp3) is 0.800. The second-order valence-electron chi connectivity index (χ2n) is 4.13. The zero-order valence-electron chi connectivity index (χ0n) is 8.69. The van der Waals surface area contributed by atoms with E-state index in [4.69, 9.17) is 5.11 Å². The molecule has 1 N–H and O–H groups in total. The van der Waals surface area contributed by atoms with E-state index in [9.17, 15) is 9.59 Å². The Kier molecular flexibility index (Phi) is 3.49. The number of hydrogen-bond acceptors (Lipinski definition) is 2. The highest BCUT2D eigenvalue weighted by atomic mass is 16.4. The Labute approximate surface area is 83.9 Å². The first-order chi connectivity index (χ1) is 6.52. The lowest BCUT2D eigenvalue weighted by atomic mass is 9.95. The van der Waals surface area contributed by atoms with Crippen LogP contribution >= 0.6 is 0 Å². The van der Waals surface area contributed by atoms with Gasteiger partial charge in [0.2, 0.25) is 5.91 Å². The van der Waals surface area contributed by atoms with E-state index in [2.05, 4.69) is 0 Å². The fourth-order valence-corrected chi connectivity index (χ4v) is 1.71. The number of likely N-dealkylation sites (tertiary alicyclic amines) is 1. The summed E-state index contributed by atoms with van der Waals surface area (Å²) in [5, 5.41) is 8.95. The molecule has 0 aromatic rings.